The van der Waals surface area contributed by atoms with Crippen LogP contribution < -0.4 is 30.7 Å². The zero-order chi connectivity index (χ0) is 77.4. The number of hydrogen-bond acceptors (Lipinski definition) is 18. The van der Waals surface area contributed by atoms with Gasteiger partial charge in [-0.3, -0.25) is 9.59 Å². The number of benzene rings is 6. The van der Waals surface area contributed by atoms with Gasteiger partial charge in [-0.05, 0) is 249 Å². The highest BCUT2D eigenvalue weighted by atomic mass is 35.5. The Kier molecular flexibility index (Phi) is 24.0. The van der Waals surface area contributed by atoms with Crippen molar-refractivity contribution in [1.82, 2.24) is 44.6 Å². The van der Waals surface area contributed by atoms with Crippen LogP contribution in [0.5, 0.6) is 0 Å². The normalized spacial score (nSPS) is 24.2. The molecule has 8 fully saturated rings. The van der Waals surface area contributed by atoms with Gasteiger partial charge in [0.05, 0.1) is 52.6 Å². The van der Waals surface area contributed by atoms with Gasteiger partial charge >= 0.3 is 11.9 Å². The Labute approximate surface area is 672 Å². The molecule has 111 heavy (non-hydrogen) atoms. The number of carboxylic acids is 2. The van der Waals surface area contributed by atoms with Crippen molar-refractivity contribution in [2.24, 2.45) is 46.8 Å². The van der Waals surface area contributed by atoms with Crippen molar-refractivity contribution in [3.05, 3.63) is 175 Å². The van der Waals surface area contributed by atoms with Crippen LogP contribution in [0.25, 0.3) is 32.7 Å². The Morgan fingerprint density at radius 1 is 0.477 bits per heavy atom. The van der Waals surface area contributed by atoms with E-state index < -0.39 is 17.4 Å². The first-order valence-electron chi connectivity index (χ1n) is 40.2. The summed E-state index contributed by atoms with van der Waals surface area (Å²) in [5, 5.41) is 44.6. The molecule has 20 nitrogen and oxygen atoms in total. The number of β-amino-alcohol motifs (C(OH)–C–C–N with tert-alkyl or cyclic N) is 1. The Hall–Kier alpha value is -7.92. The van der Waals surface area contributed by atoms with Crippen molar-refractivity contribution in [3.63, 3.8) is 0 Å². The Bertz CT molecular complexity index is 4820. The lowest BCUT2D eigenvalue weighted by atomic mass is 9.65. The van der Waals surface area contributed by atoms with Crippen LogP contribution in [0.15, 0.2) is 127 Å². The molecule has 24 heteroatoms. The maximum Gasteiger partial charge on any atom is 0.309 e. The van der Waals surface area contributed by atoms with Gasteiger partial charge in [0.2, 0.25) is 17.8 Å². The summed E-state index contributed by atoms with van der Waals surface area (Å²) in [6, 6.07) is 43.2. The average Bonchev–Trinajstić information content (AvgIpc) is 0.774. The van der Waals surface area contributed by atoms with Crippen LogP contribution in [0.4, 0.5) is 35.3 Å². The smallest absolute Gasteiger partial charge is 0.309 e. The molecule has 6 atom stereocenters. The van der Waals surface area contributed by atoms with E-state index in [1.54, 1.807) is 6.07 Å². The highest BCUT2D eigenvalue weighted by molar-refractivity contribution is 6.35. The summed E-state index contributed by atoms with van der Waals surface area (Å²) in [5.41, 5.74) is 7.64. The number of hydrogen-bond donors (Lipinski definition) is 6. The van der Waals surface area contributed by atoms with Gasteiger partial charge in [0.1, 0.15) is 17.5 Å². The highest BCUT2D eigenvalue weighted by Crippen LogP contribution is 2.47. The number of likely N-dealkylation sites (tertiary alicyclic amines) is 3. The topological polar surface area (TPSA) is 228 Å². The molecule has 0 unspecified atom stereocenters. The van der Waals surface area contributed by atoms with Crippen molar-refractivity contribution >= 4 is 126 Å². The number of carbonyl (C=O) groups is 2. The van der Waals surface area contributed by atoms with Crippen LogP contribution in [0.2, 0.25) is 20.1 Å². The van der Waals surface area contributed by atoms with Crippen molar-refractivity contribution in [2.75, 3.05) is 122 Å². The van der Waals surface area contributed by atoms with E-state index in [1.165, 1.54) is 38.5 Å². The standard InChI is InChI=1S/C31H38ClN5O2.C29H33Cl2N5O2.C27H34ClN5O/c1-19-10-11-24(26(32)13-19)20(2)33-28-25-8-4-5-9-27(25)34-30(35-28)37-17-22(18-37)21-7-6-12-36(16-21)23-14-31(3,15-23)29(38)39;1-17(23-9-8-21(30)13-25(23)31)32-27-24-6-2-3-7-26(24)33-29(34-27)36-15-20(16-36)18-5-4-10-35(14-18)22-11-19(12-22)28(37)38;1-18-9-10-22(24(28)14-18)19(2)29-26-23-7-3-4-8-25(23)30-27(31-26)33-16-21(17-33)20-6-5-11-32(15-20)12-13-34/h4-5,8-11,13,20-23H,6-7,12,14-18H2,1-3H3,(H,38,39)(H,33,34,35);2-3,6-9,13,17-20,22H,4-5,10-12,14-16H2,1H3,(H,37,38)(H,32,33,34);3-4,7-10,14,19-21,34H,5-6,11-13,15-17H2,1-2H3,(H,29,30,31)/t20-,21+,23?,31?;17-,18+,19?,22?;19-,20+/m111/s1. The van der Waals surface area contributed by atoms with Gasteiger partial charge in [0.15, 0.2) is 0 Å². The van der Waals surface area contributed by atoms with Gasteiger partial charge in [-0.1, -0.05) is 113 Å². The second kappa shape index (κ2) is 34.0. The minimum Gasteiger partial charge on any atom is -0.481 e. The number of aliphatic carboxylic acids is 2. The van der Waals surface area contributed by atoms with E-state index in [9.17, 15) is 24.9 Å². The van der Waals surface area contributed by atoms with Crippen molar-refractivity contribution in [1.29, 1.82) is 0 Å². The fourth-order valence-electron chi connectivity index (χ4n) is 18.4. The van der Waals surface area contributed by atoms with E-state index in [1.807, 2.05) is 86.6 Å². The first-order chi connectivity index (χ1) is 53.6. The lowest BCUT2D eigenvalue weighted by Gasteiger charge is -2.52. The van der Waals surface area contributed by atoms with Crippen LogP contribution in [0.3, 0.4) is 0 Å². The molecule has 6 N–H and O–H groups in total. The van der Waals surface area contributed by atoms with Crippen LogP contribution >= 0.6 is 46.4 Å². The number of aliphatic hydroxyl groups excluding tert-OH is 1. The number of para-hydroxylation sites is 3. The Balaban J connectivity index is 0.000000132. The lowest BCUT2D eigenvalue weighted by Crippen LogP contribution is -2.58. The summed E-state index contributed by atoms with van der Waals surface area (Å²) in [5.74, 6) is 7.26. The molecule has 0 spiro atoms. The largest absolute Gasteiger partial charge is 0.481 e. The minimum absolute atomic E-state index is 0.00361. The predicted octanol–water partition coefficient (Wildman–Crippen LogP) is 17.2. The molecule has 586 valence electrons. The molecular weight excluding hydrogens is 1480 g/mol. The fourth-order valence-corrected chi connectivity index (χ4v) is 19.7. The molecule has 0 radical (unpaired) electrons. The number of aromatic nitrogens is 6. The molecule has 17 rings (SSSR count). The molecule has 9 heterocycles. The molecule has 3 aromatic heterocycles. The Morgan fingerprint density at radius 3 is 1.24 bits per heavy atom. The van der Waals surface area contributed by atoms with Crippen LogP contribution in [0, 0.1) is 60.7 Å². The van der Waals surface area contributed by atoms with E-state index in [4.69, 9.17) is 76.3 Å². The monoisotopic (exact) mass is 1580 g/mol. The second-order valence-electron chi connectivity index (χ2n) is 33.3. The quantitative estimate of drug-likeness (QED) is 0.0393. The minimum atomic E-state index is -0.650. The first kappa shape index (κ1) is 78.4. The van der Waals surface area contributed by atoms with Crippen LogP contribution in [0.1, 0.15) is 138 Å². The van der Waals surface area contributed by atoms with Crippen molar-refractivity contribution in [2.45, 2.75) is 136 Å². The number of fused-ring (bicyclic) bond motifs is 3. The fraction of sp³-hybridized carbons (Fsp3) is 0.494. The predicted molar refractivity (Wildman–Crippen MR) is 448 cm³/mol. The number of nitrogens with zero attached hydrogens (tertiary/aromatic N) is 12. The van der Waals surface area contributed by atoms with Gasteiger partial charge in [0.25, 0.3) is 0 Å². The average molecular weight is 1580 g/mol. The third-order valence-corrected chi connectivity index (χ3v) is 26.6. The number of halogens is 4. The molecular formula is C87H105Cl4N15O5. The number of carboxylic acid groups (broad SMARTS) is 2. The maximum atomic E-state index is 11.5. The van der Waals surface area contributed by atoms with Gasteiger partial charge in [0, 0.05) is 114 Å². The molecule has 6 saturated heterocycles. The molecule has 0 amide bonds. The lowest BCUT2D eigenvalue weighted by molar-refractivity contribution is -0.158. The number of aliphatic hydroxyl groups is 1. The van der Waals surface area contributed by atoms with Gasteiger partial charge in [-0.2, -0.15) is 15.0 Å². The van der Waals surface area contributed by atoms with Gasteiger partial charge in [-0.15, -0.1) is 0 Å². The third-order valence-electron chi connectivity index (χ3n) is 25.4. The molecule has 6 aliphatic heterocycles. The highest BCUT2D eigenvalue weighted by Gasteiger charge is 2.50. The summed E-state index contributed by atoms with van der Waals surface area (Å²) in [6.07, 6.45) is 10.5. The van der Waals surface area contributed by atoms with E-state index in [-0.39, 0.29) is 30.7 Å². The molecule has 2 saturated carbocycles. The Morgan fingerprint density at radius 2 is 0.856 bits per heavy atom. The molecule has 8 aliphatic rings. The van der Waals surface area contributed by atoms with Crippen LogP contribution in [-0.2, 0) is 9.59 Å². The van der Waals surface area contributed by atoms with Gasteiger partial charge in [-0.25, -0.2) is 15.0 Å². The third kappa shape index (κ3) is 17.6. The SMILES string of the molecule is C[C@@H](Nc1nc(N2CC([C@H]3CCCN(C4CC(C(=O)O)C4)C3)C2)nc2ccccc12)c1ccc(Cl)cc1Cl.Cc1ccc([C@@H](C)Nc2nc(N3CC([C@H]4CCCN(C5CC(C)(C(=O)O)C5)C4)C3)nc3ccccc23)c(Cl)c1.Cc1ccc([C@@H](C)Nc2nc(N3CC([C@H]4CCCN(CCO)C4)C3)nc3ccccc23)c(Cl)c1. The van der Waals surface area contributed by atoms with E-state index >= 15 is 0 Å². The van der Waals surface area contributed by atoms with E-state index in [0.717, 1.165) is 217 Å². The summed E-state index contributed by atoms with van der Waals surface area (Å²) in [7, 11) is 0. The summed E-state index contributed by atoms with van der Waals surface area (Å²) in [4.78, 5) is 66.9. The number of rotatable bonds is 21. The zero-order valence-electron chi connectivity index (χ0n) is 64.6. The zero-order valence-corrected chi connectivity index (χ0v) is 67.6. The first-order valence-corrected chi connectivity index (χ1v) is 41.7. The molecule has 6 aromatic carbocycles. The van der Waals surface area contributed by atoms with E-state index in [0.29, 0.717) is 57.6 Å². The molecule has 9 aromatic rings. The summed E-state index contributed by atoms with van der Waals surface area (Å²) < 4.78 is 0. The van der Waals surface area contributed by atoms with Crippen molar-refractivity contribution < 1.29 is 24.9 Å². The van der Waals surface area contributed by atoms with Gasteiger partial charge < -0.3 is 60.7 Å². The number of piperidine rings is 3. The molecule has 0 bridgehead atoms. The number of aryl methyl sites for hydroxylation is 2. The number of nitrogens with one attached hydrogen (secondary N) is 3. The molecule has 2 aliphatic carbocycles. The summed E-state index contributed by atoms with van der Waals surface area (Å²) >= 11 is 25.7. The summed E-state index contributed by atoms with van der Waals surface area (Å²) in [6.45, 7) is 25.7. The van der Waals surface area contributed by atoms with E-state index in [2.05, 4.69) is 122 Å². The van der Waals surface area contributed by atoms with Crippen LogP contribution in [-0.4, -0.2) is 176 Å². The second-order valence-corrected chi connectivity index (χ2v) is 34.9. The maximum absolute atomic E-state index is 11.5. The van der Waals surface area contributed by atoms with Crippen molar-refractivity contribution in [3.8, 4) is 0 Å². The number of anilines is 6.